The predicted molar refractivity (Wildman–Crippen MR) is 105 cm³/mol. The number of amides is 2. The molecule has 0 aliphatic rings. The number of nitrogens with one attached hydrogen (secondary N) is 2. The van der Waals surface area contributed by atoms with Gasteiger partial charge in [0.05, 0.1) is 0 Å². The number of anilines is 1. The second-order valence-corrected chi connectivity index (χ2v) is 7.29. The molecule has 7 heteroatoms. The van der Waals surface area contributed by atoms with Gasteiger partial charge >= 0.3 is 5.97 Å². The molecule has 0 aliphatic carbocycles. The Labute approximate surface area is 163 Å². The van der Waals surface area contributed by atoms with Crippen molar-refractivity contribution in [1.82, 2.24) is 5.32 Å². The Bertz CT molecular complexity index is 854. The maximum absolute atomic E-state index is 12.4. The molecule has 2 aromatic carbocycles. The Hall–Kier alpha value is -3.35. The Morgan fingerprint density at radius 1 is 1.04 bits per heavy atom. The van der Waals surface area contributed by atoms with E-state index in [1.165, 1.54) is 0 Å². The Kier molecular flexibility index (Phi) is 6.76. The normalized spacial score (nSPS) is 10.8. The quantitative estimate of drug-likeness (QED) is 0.680. The number of hydrogen-bond acceptors (Lipinski definition) is 4. The Morgan fingerprint density at radius 3 is 2.32 bits per heavy atom. The molecule has 0 unspecified atom stereocenters. The molecule has 3 N–H and O–H groups in total. The molecule has 28 heavy (non-hydrogen) atoms. The number of rotatable bonds is 7. The third-order valence-electron chi connectivity index (χ3n) is 3.80. The van der Waals surface area contributed by atoms with E-state index in [0.717, 1.165) is 5.56 Å². The molecule has 0 atom stereocenters. The van der Waals surface area contributed by atoms with Crippen LogP contribution in [0.25, 0.3) is 0 Å². The van der Waals surface area contributed by atoms with Crippen LogP contribution in [0.1, 0.15) is 36.7 Å². The average Bonchev–Trinajstić information content (AvgIpc) is 2.64. The highest BCUT2D eigenvalue weighted by Crippen LogP contribution is 2.18. The molecular formula is C21H24N2O5. The molecule has 2 aromatic rings. The highest BCUT2D eigenvalue weighted by Gasteiger charge is 2.20. The van der Waals surface area contributed by atoms with Crippen LogP contribution >= 0.6 is 0 Å². The lowest BCUT2D eigenvalue weighted by molar-refractivity contribution is -0.139. The van der Waals surface area contributed by atoms with Crippen molar-refractivity contribution in [3.8, 4) is 5.75 Å². The fourth-order valence-electron chi connectivity index (χ4n) is 2.23. The van der Waals surface area contributed by atoms with E-state index in [9.17, 15) is 14.4 Å². The van der Waals surface area contributed by atoms with Gasteiger partial charge in [0.1, 0.15) is 5.75 Å². The monoisotopic (exact) mass is 384 g/mol. The molecule has 0 spiro atoms. The smallest absolute Gasteiger partial charge is 0.341 e. The van der Waals surface area contributed by atoms with Crippen molar-refractivity contribution >= 4 is 23.5 Å². The van der Waals surface area contributed by atoms with E-state index in [0.29, 0.717) is 23.5 Å². The molecule has 0 saturated heterocycles. The number of carbonyl (C=O) groups is 3. The summed E-state index contributed by atoms with van der Waals surface area (Å²) in [4.78, 5) is 34.9. The van der Waals surface area contributed by atoms with Crippen LogP contribution in [-0.4, -0.2) is 29.5 Å². The van der Waals surface area contributed by atoms with Crippen LogP contribution in [-0.2, 0) is 16.1 Å². The van der Waals surface area contributed by atoms with Gasteiger partial charge in [-0.2, -0.15) is 0 Å². The van der Waals surface area contributed by atoms with Crippen LogP contribution in [0.5, 0.6) is 5.75 Å². The van der Waals surface area contributed by atoms with E-state index < -0.39 is 18.0 Å². The van der Waals surface area contributed by atoms with E-state index in [1.807, 2.05) is 20.8 Å². The van der Waals surface area contributed by atoms with Crippen molar-refractivity contribution in [1.29, 1.82) is 0 Å². The molecule has 7 nitrogen and oxygen atoms in total. The predicted octanol–water partition coefficient (Wildman–Crippen LogP) is 3.06. The first kappa shape index (κ1) is 21.0. The first-order chi connectivity index (χ1) is 13.1. The number of carboxylic acid groups (broad SMARTS) is 1. The van der Waals surface area contributed by atoms with Gasteiger partial charge in [-0.1, -0.05) is 39.0 Å². The lowest BCUT2D eigenvalue weighted by Gasteiger charge is -2.17. The van der Waals surface area contributed by atoms with Crippen molar-refractivity contribution in [2.45, 2.75) is 27.3 Å². The van der Waals surface area contributed by atoms with E-state index in [4.69, 9.17) is 9.84 Å². The van der Waals surface area contributed by atoms with E-state index in [2.05, 4.69) is 10.6 Å². The number of carboxylic acids is 1. The minimum Gasteiger partial charge on any atom is -0.482 e. The van der Waals surface area contributed by atoms with Gasteiger partial charge in [0.15, 0.2) is 6.61 Å². The molecule has 0 saturated carbocycles. The summed E-state index contributed by atoms with van der Waals surface area (Å²) in [5.74, 6) is -1.07. The molecule has 0 aromatic heterocycles. The summed E-state index contributed by atoms with van der Waals surface area (Å²) in [6, 6.07) is 13.4. The highest BCUT2D eigenvalue weighted by molar-refractivity contribution is 6.04. The van der Waals surface area contributed by atoms with Gasteiger partial charge in [-0.05, 0) is 29.8 Å². The molecule has 0 bridgehead atoms. The third kappa shape index (κ3) is 6.42. The maximum Gasteiger partial charge on any atom is 0.341 e. The van der Waals surface area contributed by atoms with Crippen molar-refractivity contribution < 1.29 is 24.2 Å². The van der Waals surface area contributed by atoms with Gasteiger partial charge in [-0.25, -0.2) is 4.79 Å². The van der Waals surface area contributed by atoms with Crippen molar-refractivity contribution in [2.24, 2.45) is 5.41 Å². The van der Waals surface area contributed by atoms with Crippen LogP contribution in [0.4, 0.5) is 5.69 Å². The fraction of sp³-hybridized carbons (Fsp3) is 0.286. The first-order valence-corrected chi connectivity index (χ1v) is 8.78. The summed E-state index contributed by atoms with van der Waals surface area (Å²) in [7, 11) is 0. The summed E-state index contributed by atoms with van der Waals surface area (Å²) in [5.41, 5.74) is 1.39. The Morgan fingerprint density at radius 2 is 1.71 bits per heavy atom. The molecule has 0 radical (unpaired) electrons. The number of ether oxygens (including phenoxy) is 1. The second-order valence-electron chi connectivity index (χ2n) is 7.29. The van der Waals surface area contributed by atoms with Crippen LogP contribution < -0.4 is 15.4 Å². The van der Waals surface area contributed by atoms with Gasteiger partial charge in [0, 0.05) is 29.3 Å². The highest BCUT2D eigenvalue weighted by atomic mass is 16.5. The minimum absolute atomic E-state index is 0.0423. The van der Waals surface area contributed by atoms with E-state index in [-0.39, 0.29) is 11.8 Å². The third-order valence-corrected chi connectivity index (χ3v) is 3.80. The lowest BCUT2D eigenvalue weighted by atomic mass is 9.95. The molecule has 148 valence electrons. The van der Waals surface area contributed by atoms with Crippen LogP contribution in [0, 0.1) is 5.41 Å². The van der Waals surface area contributed by atoms with Gasteiger partial charge < -0.3 is 20.5 Å². The van der Waals surface area contributed by atoms with E-state index in [1.54, 1.807) is 48.5 Å². The number of aliphatic carboxylic acids is 1. The summed E-state index contributed by atoms with van der Waals surface area (Å²) in [6.45, 7) is 5.47. The molecule has 0 heterocycles. The molecule has 2 amide bonds. The summed E-state index contributed by atoms with van der Waals surface area (Å²) in [5, 5.41) is 14.2. The average molecular weight is 384 g/mol. The summed E-state index contributed by atoms with van der Waals surface area (Å²) >= 11 is 0. The zero-order valence-electron chi connectivity index (χ0n) is 16.1. The summed E-state index contributed by atoms with van der Waals surface area (Å²) in [6.07, 6.45) is 0. The minimum atomic E-state index is -1.08. The number of carbonyl (C=O) groups excluding carboxylic acids is 2. The fourth-order valence-corrected chi connectivity index (χ4v) is 2.23. The zero-order valence-corrected chi connectivity index (χ0v) is 16.1. The molecule has 2 rings (SSSR count). The van der Waals surface area contributed by atoms with Crippen molar-refractivity contribution in [3.63, 3.8) is 0 Å². The van der Waals surface area contributed by atoms with Gasteiger partial charge in [0.25, 0.3) is 5.91 Å². The maximum atomic E-state index is 12.4. The van der Waals surface area contributed by atoms with Gasteiger partial charge in [-0.15, -0.1) is 0 Å². The first-order valence-electron chi connectivity index (χ1n) is 8.78. The molecular weight excluding hydrogens is 360 g/mol. The van der Waals surface area contributed by atoms with Crippen molar-refractivity contribution in [3.05, 3.63) is 59.7 Å². The lowest BCUT2D eigenvalue weighted by Crippen LogP contribution is -2.34. The van der Waals surface area contributed by atoms with Gasteiger partial charge in [-0.3, -0.25) is 9.59 Å². The standard InChI is InChI=1S/C21H24N2O5/c1-21(2,3)20(27)22-12-14-7-9-15(10-8-14)19(26)23-16-5-4-6-17(11-16)28-13-18(24)25/h4-11H,12-13H2,1-3H3,(H,22,27)(H,23,26)(H,24,25). The molecule has 0 fully saturated rings. The van der Waals surface area contributed by atoms with Crippen molar-refractivity contribution in [2.75, 3.05) is 11.9 Å². The zero-order chi connectivity index (χ0) is 20.7. The Balaban J connectivity index is 1.95. The van der Waals surface area contributed by atoms with Crippen LogP contribution in [0.15, 0.2) is 48.5 Å². The largest absolute Gasteiger partial charge is 0.482 e. The van der Waals surface area contributed by atoms with E-state index >= 15 is 0 Å². The second kappa shape index (κ2) is 9.03. The van der Waals surface area contributed by atoms with Crippen LogP contribution in [0.2, 0.25) is 0 Å². The SMILES string of the molecule is CC(C)(C)C(=O)NCc1ccc(C(=O)Nc2cccc(OCC(=O)O)c2)cc1. The topological polar surface area (TPSA) is 105 Å². The summed E-state index contributed by atoms with van der Waals surface area (Å²) < 4.78 is 5.10. The van der Waals surface area contributed by atoms with Crippen LogP contribution in [0.3, 0.4) is 0 Å². The number of benzene rings is 2. The number of hydrogen-bond donors (Lipinski definition) is 3. The molecule has 0 aliphatic heterocycles. The van der Waals surface area contributed by atoms with Gasteiger partial charge in [0.2, 0.25) is 5.91 Å².